The van der Waals surface area contributed by atoms with E-state index in [2.05, 4.69) is 152 Å². The molecule has 3 aromatic heterocycles. The Hall–Kier alpha value is -7.56. The van der Waals surface area contributed by atoms with E-state index in [4.69, 9.17) is 18.8 Å². The zero-order chi connectivity index (χ0) is 36.7. The Labute approximate surface area is 320 Å². The number of aromatic nitrogens is 2. The third-order valence-electron chi connectivity index (χ3n) is 11.2. The van der Waals surface area contributed by atoms with Crippen molar-refractivity contribution in [2.45, 2.75) is 0 Å². The number of hydrogen-bond acceptors (Lipinski definition) is 4. The van der Waals surface area contributed by atoms with Crippen molar-refractivity contribution in [1.82, 2.24) is 9.97 Å². The first kappa shape index (κ1) is 30.9. The summed E-state index contributed by atoms with van der Waals surface area (Å²) >= 11 is 0. The predicted octanol–water partition coefficient (Wildman–Crippen LogP) is 14.4. The van der Waals surface area contributed by atoms with E-state index in [0.29, 0.717) is 0 Å². The predicted molar refractivity (Wildman–Crippen MR) is 231 cm³/mol. The van der Waals surface area contributed by atoms with Gasteiger partial charge >= 0.3 is 0 Å². The van der Waals surface area contributed by atoms with Gasteiger partial charge in [-0.1, -0.05) is 152 Å². The Morgan fingerprint density at radius 3 is 1.20 bits per heavy atom. The van der Waals surface area contributed by atoms with Gasteiger partial charge in [0.25, 0.3) is 0 Å². The van der Waals surface area contributed by atoms with Crippen molar-refractivity contribution in [3.63, 3.8) is 0 Å². The molecule has 0 fully saturated rings. The lowest BCUT2D eigenvalue weighted by Crippen LogP contribution is -1.98. The SMILES string of the molecule is c1ccc(-c2nc3c4ccccc4c4ccccc4c3nc2-c2cc(-c3cccc4c3oc3ccccc34)cc(-c3cccc4c3oc3ccccc34)c2)cc1. The zero-order valence-corrected chi connectivity index (χ0v) is 30.0. The van der Waals surface area contributed by atoms with Crippen LogP contribution < -0.4 is 0 Å². The molecule has 0 unspecified atom stereocenters. The van der Waals surface area contributed by atoms with E-state index in [1.807, 2.05) is 30.3 Å². The lowest BCUT2D eigenvalue weighted by atomic mass is 9.92. The maximum atomic E-state index is 6.63. The minimum Gasteiger partial charge on any atom is -0.455 e. The van der Waals surface area contributed by atoms with Crippen LogP contribution in [0.15, 0.2) is 191 Å². The summed E-state index contributed by atoms with van der Waals surface area (Å²) in [6.45, 7) is 0. The summed E-state index contributed by atoms with van der Waals surface area (Å²) in [5, 5.41) is 8.84. The van der Waals surface area contributed by atoms with E-state index in [1.165, 1.54) is 5.39 Å². The molecule has 0 N–H and O–H groups in total. The van der Waals surface area contributed by atoms with E-state index >= 15 is 0 Å². The summed E-state index contributed by atoms with van der Waals surface area (Å²) in [6, 6.07) is 63.5. The van der Waals surface area contributed by atoms with Crippen LogP contribution in [0.2, 0.25) is 0 Å². The molecule has 4 nitrogen and oxygen atoms in total. The van der Waals surface area contributed by atoms with Crippen LogP contribution in [0.25, 0.3) is 121 Å². The van der Waals surface area contributed by atoms with Gasteiger partial charge in [0.05, 0.1) is 22.4 Å². The van der Waals surface area contributed by atoms with E-state index in [0.717, 1.165) is 116 Å². The molecule has 0 bridgehead atoms. The lowest BCUT2D eigenvalue weighted by Gasteiger charge is -2.16. The molecule has 0 saturated carbocycles. The topological polar surface area (TPSA) is 52.1 Å². The van der Waals surface area contributed by atoms with Crippen molar-refractivity contribution in [1.29, 1.82) is 0 Å². The molecule has 3 heterocycles. The van der Waals surface area contributed by atoms with Gasteiger partial charge in [-0.05, 0) is 52.2 Å². The highest BCUT2D eigenvalue weighted by Gasteiger charge is 2.22. The molecule has 0 saturated heterocycles. The largest absolute Gasteiger partial charge is 0.455 e. The molecule has 0 amide bonds. The molecular formula is C52H30N2O2. The van der Waals surface area contributed by atoms with Crippen LogP contribution in [0.4, 0.5) is 0 Å². The summed E-state index contributed by atoms with van der Waals surface area (Å²) in [7, 11) is 0. The van der Waals surface area contributed by atoms with Crippen molar-refractivity contribution in [3.8, 4) is 44.8 Å². The number of nitrogens with zero attached hydrogens (tertiary/aromatic N) is 2. The average Bonchev–Trinajstić information content (AvgIpc) is 3.85. The van der Waals surface area contributed by atoms with Crippen molar-refractivity contribution < 1.29 is 8.83 Å². The van der Waals surface area contributed by atoms with E-state index in [9.17, 15) is 0 Å². The molecule has 56 heavy (non-hydrogen) atoms. The first-order valence-electron chi connectivity index (χ1n) is 18.9. The van der Waals surface area contributed by atoms with Gasteiger partial charge in [-0.2, -0.15) is 0 Å². The van der Waals surface area contributed by atoms with Crippen LogP contribution in [0.3, 0.4) is 0 Å². The fraction of sp³-hybridized carbons (Fsp3) is 0. The number of rotatable bonds is 4. The number of hydrogen-bond donors (Lipinski definition) is 0. The van der Waals surface area contributed by atoms with Crippen molar-refractivity contribution in [2.75, 3.05) is 0 Å². The van der Waals surface area contributed by atoms with Gasteiger partial charge in [-0.15, -0.1) is 0 Å². The molecule has 0 aliphatic heterocycles. The maximum absolute atomic E-state index is 6.63. The summed E-state index contributed by atoms with van der Waals surface area (Å²) < 4.78 is 13.3. The third-order valence-corrected chi connectivity index (χ3v) is 11.2. The Kier molecular flexibility index (Phi) is 6.60. The van der Waals surface area contributed by atoms with Gasteiger partial charge in [0.2, 0.25) is 0 Å². The minimum atomic E-state index is 0.806. The molecule has 0 aliphatic carbocycles. The molecule has 4 heteroatoms. The molecule has 0 spiro atoms. The second-order valence-electron chi connectivity index (χ2n) is 14.4. The number of furan rings is 2. The Balaban J connectivity index is 1.21. The molecule has 0 aliphatic rings. The summed E-state index contributed by atoms with van der Waals surface area (Å²) in [4.78, 5) is 11.2. The van der Waals surface area contributed by atoms with Gasteiger partial charge in [0.1, 0.15) is 22.3 Å². The molecule has 12 aromatic rings. The van der Waals surface area contributed by atoms with E-state index in [1.54, 1.807) is 0 Å². The summed E-state index contributed by atoms with van der Waals surface area (Å²) in [5.41, 5.74) is 12.8. The van der Waals surface area contributed by atoms with Crippen molar-refractivity contribution in [3.05, 3.63) is 182 Å². The molecule has 0 radical (unpaired) electrons. The van der Waals surface area contributed by atoms with Crippen LogP contribution in [0.5, 0.6) is 0 Å². The first-order valence-corrected chi connectivity index (χ1v) is 18.9. The van der Waals surface area contributed by atoms with Gasteiger partial charge < -0.3 is 8.83 Å². The number of benzene rings is 9. The van der Waals surface area contributed by atoms with Crippen LogP contribution in [0.1, 0.15) is 0 Å². The molecular weight excluding hydrogens is 685 g/mol. The second kappa shape index (κ2) is 12.0. The van der Waals surface area contributed by atoms with Gasteiger partial charge in [-0.25, -0.2) is 9.97 Å². The summed E-state index contributed by atoms with van der Waals surface area (Å²) in [5.74, 6) is 0. The van der Waals surface area contributed by atoms with Gasteiger partial charge in [0.15, 0.2) is 0 Å². The normalized spacial score (nSPS) is 11.9. The van der Waals surface area contributed by atoms with Crippen LogP contribution in [-0.4, -0.2) is 9.97 Å². The van der Waals surface area contributed by atoms with E-state index < -0.39 is 0 Å². The highest BCUT2D eigenvalue weighted by molar-refractivity contribution is 6.23. The Morgan fingerprint density at radius 1 is 0.286 bits per heavy atom. The molecule has 0 atom stereocenters. The van der Waals surface area contributed by atoms with Crippen LogP contribution in [-0.2, 0) is 0 Å². The number of para-hydroxylation sites is 4. The first-order chi connectivity index (χ1) is 27.8. The number of fused-ring (bicyclic) bond motifs is 12. The van der Waals surface area contributed by atoms with Crippen LogP contribution >= 0.6 is 0 Å². The minimum absolute atomic E-state index is 0.806. The average molecular weight is 715 g/mol. The van der Waals surface area contributed by atoms with Gasteiger partial charge in [0, 0.05) is 54.6 Å². The standard InChI is InChI=1S/C52H30N2O2/c1-2-14-31(15-3-1)47-48(54-50-42-21-7-5-17-38(42)37-16-4-6-20-41(37)49(50)53-47)34-29-32(35-22-12-24-43-39-18-8-10-26-45(39)55-51(35)43)28-33(30-34)36-23-13-25-44-40-19-9-11-27-46(40)56-52(36)44/h1-30H. The monoisotopic (exact) mass is 714 g/mol. The summed E-state index contributed by atoms with van der Waals surface area (Å²) in [6.07, 6.45) is 0. The fourth-order valence-electron chi connectivity index (χ4n) is 8.68. The van der Waals surface area contributed by atoms with E-state index in [-0.39, 0.29) is 0 Å². The smallest absolute Gasteiger partial charge is 0.143 e. The quantitative estimate of drug-likeness (QED) is 0.170. The van der Waals surface area contributed by atoms with Crippen LogP contribution in [0, 0.1) is 0 Å². The Bertz CT molecular complexity index is 3410. The third kappa shape index (κ3) is 4.60. The Morgan fingerprint density at radius 2 is 0.679 bits per heavy atom. The van der Waals surface area contributed by atoms with Crippen molar-refractivity contribution >= 4 is 76.5 Å². The molecule has 9 aromatic carbocycles. The van der Waals surface area contributed by atoms with Gasteiger partial charge in [-0.3, -0.25) is 0 Å². The zero-order valence-electron chi connectivity index (χ0n) is 30.0. The fourth-order valence-corrected chi connectivity index (χ4v) is 8.68. The highest BCUT2D eigenvalue weighted by atomic mass is 16.3. The second-order valence-corrected chi connectivity index (χ2v) is 14.4. The molecule has 260 valence electrons. The lowest BCUT2D eigenvalue weighted by molar-refractivity contribution is 0.670. The van der Waals surface area contributed by atoms with Crippen molar-refractivity contribution in [2.24, 2.45) is 0 Å². The molecule has 12 rings (SSSR count). The maximum Gasteiger partial charge on any atom is 0.143 e. The highest BCUT2D eigenvalue weighted by Crippen LogP contribution is 2.44.